The van der Waals surface area contributed by atoms with Crippen molar-refractivity contribution in [3.63, 3.8) is 0 Å². The lowest BCUT2D eigenvalue weighted by Crippen LogP contribution is -2.40. The van der Waals surface area contributed by atoms with Gasteiger partial charge in [0.15, 0.2) is 5.76 Å². The molecule has 1 aliphatic heterocycles. The lowest BCUT2D eigenvalue weighted by Gasteiger charge is -2.38. The molecule has 3 aromatic rings. The van der Waals surface area contributed by atoms with Gasteiger partial charge in [-0.2, -0.15) is 0 Å². The van der Waals surface area contributed by atoms with Crippen LogP contribution in [0.5, 0.6) is 5.75 Å². The van der Waals surface area contributed by atoms with Crippen molar-refractivity contribution in [2.75, 3.05) is 6.54 Å². The molecule has 0 saturated heterocycles. The third-order valence-electron chi connectivity index (χ3n) is 6.51. The topological polar surface area (TPSA) is 71.8 Å². The molecule has 1 aromatic heterocycles. The number of rotatable bonds is 7. The van der Waals surface area contributed by atoms with Gasteiger partial charge in [-0.3, -0.25) is 9.59 Å². The van der Waals surface area contributed by atoms with E-state index in [0.717, 1.165) is 30.4 Å². The van der Waals surface area contributed by atoms with Crippen LogP contribution in [0.4, 0.5) is 0 Å². The van der Waals surface area contributed by atoms with E-state index < -0.39 is 0 Å². The van der Waals surface area contributed by atoms with Crippen LogP contribution in [-0.4, -0.2) is 29.3 Å². The van der Waals surface area contributed by atoms with Crippen molar-refractivity contribution in [2.45, 2.75) is 58.2 Å². The summed E-state index contributed by atoms with van der Waals surface area (Å²) in [4.78, 5) is 27.0. The van der Waals surface area contributed by atoms with Crippen LogP contribution in [-0.2, 0) is 17.8 Å². The lowest BCUT2D eigenvalue weighted by atomic mass is 9.87. The number of benzene rings is 2. The number of carbonyl (C=O) groups excluding carboxylic acids is 2. The van der Waals surface area contributed by atoms with E-state index in [4.69, 9.17) is 9.15 Å². The summed E-state index contributed by atoms with van der Waals surface area (Å²) in [7, 11) is 0. The van der Waals surface area contributed by atoms with Crippen LogP contribution in [0.1, 0.15) is 70.8 Å². The van der Waals surface area contributed by atoms with E-state index in [9.17, 15) is 9.59 Å². The summed E-state index contributed by atoms with van der Waals surface area (Å²) in [6, 6.07) is 18.1. The minimum absolute atomic E-state index is 0.138. The van der Waals surface area contributed by atoms with E-state index in [0.29, 0.717) is 30.2 Å². The predicted octanol–water partition coefficient (Wildman–Crippen LogP) is 4.94. The molecule has 0 spiro atoms. The van der Waals surface area contributed by atoms with E-state index >= 15 is 0 Å². The number of ether oxygens (including phenoxy) is 1. The molecule has 1 saturated carbocycles. The molecule has 1 aliphatic carbocycles. The molecule has 0 bridgehead atoms. The second-order valence-corrected chi connectivity index (χ2v) is 9.17. The molecule has 2 amide bonds. The number of hydrogen-bond acceptors (Lipinski definition) is 4. The highest BCUT2D eigenvalue weighted by molar-refractivity contribution is 5.91. The molecule has 5 rings (SSSR count). The molecule has 2 aliphatic rings. The Labute approximate surface area is 199 Å². The van der Waals surface area contributed by atoms with E-state index in [1.54, 1.807) is 12.1 Å². The summed E-state index contributed by atoms with van der Waals surface area (Å²) in [6.07, 6.45) is 3.36. The van der Waals surface area contributed by atoms with Crippen LogP contribution in [0.3, 0.4) is 0 Å². The van der Waals surface area contributed by atoms with Gasteiger partial charge in [0, 0.05) is 19.0 Å². The third-order valence-corrected chi connectivity index (χ3v) is 6.51. The molecule has 1 fully saturated rings. The van der Waals surface area contributed by atoms with E-state index in [2.05, 4.69) is 36.5 Å². The smallest absolute Gasteiger partial charge is 0.287 e. The minimum Gasteiger partial charge on any atom is -0.486 e. The number of hydrogen-bond donors (Lipinski definition) is 1. The normalized spacial score (nSPS) is 17.2. The molecule has 34 heavy (non-hydrogen) atoms. The average Bonchev–Trinajstić information content (AvgIpc) is 3.53. The Morgan fingerprint density at radius 2 is 1.97 bits per heavy atom. The van der Waals surface area contributed by atoms with Gasteiger partial charge in [-0.25, -0.2) is 0 Å². The number of carbonyl (C=O) groups is 2. The molecule has 2 heterocycles. The molecular weight excluding hydrogens is 428 g/mol. The van der Waals surface area contributed by atoms with Crippen LogP contribution < -0.4 is 10.1 Å². The van der Waals surface area contributed by atoms with Crippen molar-refractivity contribution in [3.8, 4) is 5.75 Å². The number of aryl methyl sites for hydroxylation is 1. The summed E-state index contributed by atoms with van der Waals surface area (Å²) >= 11 is 0. The van der Waals surface area contributed by atoms with Crippen molar-refractivity contribution in [2.24, 2.45) is 0 Å². The van der Waals surface area contributed by atoms with Crippen LogP contribution in [0.2, 0.25) is 0 Å². The zero-order valence-corrected chi connectivity index (χ0v) is 19.7. The Kier molecular flexibility index (Phi) is 6.14. The maximum atomic E-state index is 12.8. The fourth-order valence-electron chi connectivity index (χ4n) is 4.57. The molecule has 6 heteroatoms. The predicted molar refractivity (Wildman–Crippen MR) is 129 cm³/mol. The average molecular weight is 459 g/mol. The second kappa shape index (κ2) is 9.37. The zero-order chi connectivity index (χ0) is 23.7. The number of nitrogens with zero attached hydrogens (tertiary/aromatic N) is 1. The first-order chi connectivity index (χ1) is 16.5. The van der Waals surface area contributed by atoms with Crippen LogP contribution in [0.25, 0.3) is 0 Å². The fraction of sp³-hybridized carbons (Fsp3) is 0.357. The fourth-order valence-corrected chi connectivity index (χ4v) is 4.57. The van der Waals surface area contributed by atoms with Gasteiger partial charge in [0.05, 0.1) is 6.04 Å². The maximum Gasteiger partial charge on any atom is 0.287 e. The summed E-state index contributed by atoms with van der Waals surface area (Å²) < 4.78 is 11.7. The summed E-state index contributed by atoms with van der Waals surface area (Å²) in [5.41, 5.74) is 4.61. The maximum absolute atomic E-state index is 12.8. The Hall–Kier alpha value is -3.54. The van der Waals surface area contributed by atoms with E-state index in [1.807, 2.05) is 30.0 Å². The van der Waals surface area contributed by atoms with Gasteiger partial charge < -0.3 is 19.4 Å². The van der Waals surface area contributed by atoms with E-state index in [-0.39, 0.29) is 30.5 Å². The zero-order valence-electron chi connectivity index (χ0n) is 19.7. The lowest BCUT2D eigenvalue weighted by molar-refractivity contribution is -0.132. The molecule has 176 valence electrons. The van der Waals surface area contributed by atoms with Crippen LogP contribution >= 0.6 is 0 Å². The molecule has 0 radical (unpaired) electrons. The first kappa shape index (κ1) is 22.3. The van der Waals surface area contributed by atoms with E-state index in [1.165, 1.54) is 11.1 Å². The van der Waals surface area contributed by atoms with Crippen LogP contribution in [0.15, 0.2) is 59.0 Å². The van der Waals surface area contributed by atoms with Gasteiger partial charge in [0.25, 0.3) is 5.91 Å². The molecule has 2 aromatic carbocycles. The molecular formula is C28H30N2O4. The van der Waals surface area contributed by atoms with Gasteiger partial charge in [-0.1, -0.05) is 42.8 Å². The Bertz CT molecular complexity index is 1210. The largest absolute Gasteiger partial charge is 0.486 e. The van der Waals surface area contributed by atoms with Crippen molar-refractivity contribution >= 4 is 11.8 Å². The third kappa shape index (κ3) is 4.72. The number of nitrogens with one attached hydrogen (secondary N) is 1. The summed E-state index contributed by atoms with van der Waals surface area (Å²) in [5.74, 6) is 1.59. The van der Waals surface area contributed by atoms with Crippen molar-refractivity contribution in [1.82, 2.24) is 10.2 Å². The summed E-state index contributed by atoms with van der Waals surface area (Å²) in [5, 5.41) is 2.93. The van der Waals surface area contributed by atoms with Gasteiger partial charge >= 0.3 is 0 Å². The number of fused-ring (bicyclic) bond motifs is 1. The molecule has 6 nitrogen and oxygen atoms in total. The molecule has 1 atom stereocenters. The Morgan fingerprint density at radius 3 is 2.74 bits per heavy atom. The molecule has 0 unspecified atom stereocenters. The van der Waals surface area contributed by atoms with Crippen molar-refractivity contribution in [3.05, 3.63) is 88.4 Å². The Morgan fingerprint density at radius 1 is 1.12 bits per heavy atom. The van der Waals surface area contributed by atoms with Gasteiger partial charge in [0.1, 0.15) is 18.1 Å². The van der Waals surface area contributed by atoms with Gasteiger partial charge in [-0.05, 0) is 67.1 Å². The highest BCUT2D eigenvalue weighted by Crippen LogP contribution is 2.38. The number of amides is 2. The van der Waals surface area contributed by atoms with Crippen molar-refractivity contribution < 1.29 is 18.7 Å². The highest BCUT2D eigenvalue weighted by Gasteiger charge is 2.32. The summed E-state index contributed by atoms with van der Waals surface area (Å²) in [6.45, 7) is 4.91. The first-order valence-electron chi connectivity index (χ1n) is 12.0. The second-order valence-electron chi connectivity index (χ2n) is 9.17. The quantitative estimate of drug-likeness (QED) is 0.544. The van der Waals surface area contributed by atoms with Gasteiger partial charge in [0.2, 0.25) is 5.91 Å². The highest BCUT2D eigenvalue weighted by atomic mass is 16.5. The van der Waals surface area contributed by atoms with Crippen LogP contribution in [0, 0.1) is 6.92 Å². The number of furan rings is 1. The minimum atomic E-state index is -0.177. The first-order valence-corrected chi connectivity index (χ1v) is 12.0. The van der Waals surface area contributed by atoms with Gasteiger partial charge in [-0.15, -0.1) is 0 Å². The molecule has 1 N–H and O–H groups in total. The standard InChI is InChI=1S/C28H30N2O4/c1-3-26(31)30-14-13-19-7-10-22(16-24(19)27(30)20-6-4-5-18(2)15-20)33-17-23-11-12-25(34-23)28(32)29-21-8-9-21/h4-7,10-12,15-16,21,27H,3,8-9,13-14,17H2,1-2H3,(H,29,32)/t27-/m0/s1. The van der Waals surface area contributed by atoms with Crippen molar-refractivity contribution in [1.29, 1.82) is 0 Å². The monoisotopic (exact) mass is 458 g/mol. The SMILES string of the molecule is CCC(=O)N1CCc2ccc(OCc3ccc(C(=O)NC4CC4)o3)cc2[C@@H]1c1cccc(C)c1. The Balaban J connectivity index is 1.37.